The molecule has 0 saturated carbocycles. The largest absolute Gasteiger partial charge is 0.481 e. The second-order valence-electron chi connectivity index (χ2n) is 11.2. The number of aliphatic carboxylic acids is 2. The number of carbonyl (C=O) groups excluding carboxylic acids is 1. The fraction of sp³-hybridized carbons (Fsp3) is 0.714. The number of nitrogens with zero attached hydrogens (tertiary/aromatic N) is 2. The molecule has 0 spiro atoms. The molecule has 0 aromatic carbocycles. The van der Waals surface area contributed by atoms with E-state index in [0.29, 0.717) is 13.0 Å². The zero-order valence-corrected chi connectivity index (χ0v) is 23.2. The summed E-state index contributed by atoms with van der Waals surface area (Å²) in [4.78, 5) is 39.2. The molecule has 10 heteroatoms. The van der Waals surface area contributed by atoms with Gasteiger partial charge in [0.15, 0.2) is 0 Å². The first kappa shape index (κ1) is 31.3. The van der Waals surface area contributed by atoms with E-state index < -0.39 is 29.7 Å². The quantitative estimate of drug-likeness (QED) is 0.298. The van der Waals surface area contributed by atoms with Crippen LogP contribution in [0.2, 0.25) is 0 Å². The lowest BCUT2D eigenvalue weighted by Crippen LogP contribution is -2.40. The number of hydrogen-bond donors (Lipinski definition) is 4. The molecule has 0 aliphatic carbocycles. The first-order valence-electron chi connectivity index (χ1n) is 13.9. The summed E-state index contributed by atoms with van der Waals surface area (Å²) < 4.78 is 5.23. The van der Waals surface area contributed by atoms with Gasteiger partial charge in [0.2, 0.25) is 0 Å². The molecule has 1 unspecified atom stereocenters. The number of rotatable bonds is 11. The molecule has 0 radical (unpaired) electrons. The van der Waals surface area contributed by atoms with Gasteiger partial charge in [0.25, 0.3) is 0 Å². The van der Waals surface area contributed by atoms with Gasteiger partial charge in [-0.3, -0.25) is 9.59 Å². The van der Waals surface area contributed by atoms with Crippen LogP contribution >= 0.6 is 0 Å². The molecule has 2 atom stereocenters. The van der Waals surface area contributed by atoms with Crippen molar-refractivity contribution in [2.45, 2.75) is 116 Å². The number of unbranched alkanes of at least 4 members (excludes halogenated alkanes) is 4. The number of aryl methyl sites for hydroxylation is 2. The molecule has 2 aliphatic rings. The standard InChI is InChI=1S/C17H27N3O2.C11H19NO4/c18-15(17(21)22)9-5-3-1-2-4-8-14-11-10-13-7-6-12-19-16(13)20-14;1-11(2,3)16-10(15)12-6-4-5-8(12)7-9(13)14/h10-11,15H,1-9,12,18H2,(H,19,20)(H,21,22);8H,4-7H2,1-3H3,(H,13,14)/t;8-/m.0/s1. The van der Waals surface area contributed by atoms with E-state index in [9.17, 15) is 14.4 Å². The lowest BCUT2D eigenvalue weighted by atomic mass is 10.0. The average Bonchev–Trinajstić information content (AvgIpc) is 3.30. The van der Waals surface area contributed by atoms with Gasteiger partial charge in [-0.15, -0.1) is 0 Å². The number of anilines is 1. The lowest BCUT2D eigenvalue weighted by Gasteiger charge is -2.27. The van der Waals surface area contributed by atoms with E-state index in [4.69, 9.17) is 25.7 Å². The van der Waals surface area contributed by atoms with Crippen molar-refractivity contribution in [3.8, 4) is 0 Å². The number of hydrogen-bond acceptors (Lipinski definition) is 7. The van der Waals surface area contributed by atoms with Gasteiger partial charge in [0.05, 0.1) is 6.42 Å². The highest BCUT2D eigenvalue weighted by molar-refractivity contribution is 5.73. The monoisotopic (exact) mass is 534 g/mol. The van der Waals surface area contributed by atoms with Crippen LogP contribution in [-0.2, 0) is 27.2 Å². The fourth-order valence-corrected chi connectivity index (χ4v) is 4.64. The SMILES string of the molecule is CC(C)(C)OC(=O)N1CCC[C@H]1CC(=O)O.NC(CCCCCCCc1ccc2c(n1)NCCC2)C(=O)O. The predicted molar refractivity (Wildman–Crippen MR) is 146 cm³/mol. The van der Waals surface area contributed by atoms with Gasteiger partial charge in [-0.2, -0.15) is 0 Å². The Labute approximate surface area is 226 Å². The van der Waals surface area contributed by atoms with E-state index in [1.807, 2.05) is 0 Å². The van der Waals surface area contributed by atoms with Gasteiger partial charge < -0.3 is 30.9 Å². The average molecular weight is 535 g/mol. The third kappa shape index (κ3) is 11.7. The van der Waals surface area contributed by atoms with Crippen molar-refractivity contribution < 1.29 is 29.3 Å². The Morgan fingerprint density at radius 3 is 2.53 bits per heavy atom. The molecule has 38 heavy (non-hydrogen) atoms. The van der Waals surface area contributed by atoms with Crippen molar-refractivity contribution in [1.82, 2.24) is 9.88 Å². The highest BCUT2D eigenvalue weighted by Gasteiger charge is 2.33. The molecule has 5 N–H and O–H groups in total. The van der Waals surface area contributed by atoms with Crippen LogP contribution in [0, 0.1) is 0 Å². The van der Waals surface area contributed by atoms with Gasteiger partial charge in [0, 0.05) is 24.8 Å². The number of ether oxygens (including phenoxy) is 1. The zero-order chi connectivity index (χ0) is 28.1. The number of aromatic nitrogens is 1. The summed E-state index contributed by atoms with van der Waals surface area (Å²) in [6, 6.07) is 3.44. The second kappa shape index (κ2) is 15.5. The molecule has 2 aliphatic heterocycles. The maximum Gasteiger partial charge on any atom is 0.410 e. The van der Waals surface area contributed by atoms with Crippen LogP contribution in [0.3, 0.4) is 0 Å². The first-order valence-corrected chi connectivity index (χ1v) is 13.9. The first-order chi connectivity index (χ1) is 18.0. The minimum atomic E-state index is -0.896. The van der Waals surface area contributed by atoms with Gasteiger partial charge >= 0.3 is 18.0 Å². The fourth-order valence-electron chi connectivity index (χ4n) is 4.64. The number of carboxylic acid groups (broad SMARTS) is 2. The highest BCUT2D eigenvalue weighted by atomic mass is 16.6. The van der Waals surface area contributed by atoms with Crippen LogP contribution in [-0.4, -0.2) is 68.9 Å². The van der Waals surface area contributed by atoms with E-state index in [0.717, 1.165) is 70.2 Å². The minimum Gasteiger partial charge on any atom is -0.481 e. The van der Waals surface area contributed by atoms with Crippen molar-refractivity contribution in [3.63, 3.8) is 0 Å². The third-order valence-corrected chi connectivity index (χ3v) is 6.63. The molecule has 1 amide bonds. The van der Waals surface area contributed by atoms with Gasteiger partial charge in [-0.05, 0) is 77.3 Å². The summed E-state index contributed by atoms with van der Waals surface area (Å²) in [6.45, 7) is 7.02. The smallest absolute Gasteiger partial charge is 0.410 e. The topological polar surface area (TPSA) is 155 Å². The molecule has 214 valence electrons. The number of nitrogens with two attached hydrogens (primary N) is 1. The molecular formula is C28H46N4O6. The number of pyridine rings is 1. The molecule has 1 aromatic heterocycles. The van der Waals surface area contributed by atoms with E-state index in [2.05, 4.69) is 17.4 Å². The number of carboxylic acids is 2. The molecule has 3 heterocycles. The van der Waals surface area contributed by atoms with Gasteiger partial charge in [-0.1, -0.05) is 31.7 Å². The number of amides is 1. The third-order valence-electron chi connectivity index (χ3n) is 6.63. The van der Waals surface area contributed by atoms with Crippen LogP contribution in [0.25, 0.3) is 0 Å². The Hall–Kier alpha value is -2.88. The summed E-state index contributed by atoms with van der Waals surface area (Å²) in [6.07, 6.45) is 10.5. The van der Waals surface area contributed by atoms with Gasteiger partial charge in [-0.25, -0.2) is 9.78 Å². The highest BCUT2D eigenvalue weighted by Crippen LogP contribution is 2.23. The van der Waals surface area contributed by atoms with Crippen molar-refractivity contribution in [1.29, 1.82) is 0 Å². The van der Waals surface area contributed by atoms with Gasteiger partial charge in [0.1, 0.15) is 17.5 Å². The van der Waals surface area contributed by atoms with Crippen molar-refractivity contribution >= 4 is 23.8 Å². The van der Waals surface area contributed by atoms with E-state index >= 15 is 0 Å². The molecule has 1 aromatic rings. The maximum absolute atomic E-state index is 11.8. The van der Waals surface area contributed by atoms with Crippen molar-refractivity contribution in [2.75, 3.05) is 18.4 Å². The summed E-state index contributed by atoms with van der Waals surface area (Å²) in [5, 5.41) is 20.8. The zero-order valence-electron chi connectivity index (χ0n) is 23.2. The van der Waals surface area contributed by atoms with Crippen LogP contribution in [0.4, 0.5) is 10.6 Å². The summed E-state index contributed by atoms with van der Waals surface area (Å²) in [7, 11) is 0. The Morgan fingerprint density at radius 2 is 1.84 bits per heavy atom. The molecule has 0 bridgehead atoms. The van der Waals surface area contributed by atoms with Crippen LogP contribution in [0.5, 0.6) is 0 Å². The minimum absolute atomic E-state index is 0.000751. The van der Waals surface area contributed by atoms with E-state index in [1.54, 1.807) is 20.8 Å². The number of fused-ring (bicyclic) bond motifs is 1. The maximum atomic E-state index is 11.8. The number of carbonyl (C=O) groups is 3. The number of nitrogens with one attached hydrogen (secondary N) is 1. The molecule has 1 fully saturated rings. The Morgan fingerprint density at radius 1 is 1.13 bits per heavy atom. The molecule has 10 nitrogen and oxygen atoms in total. The summed E-state index contributed by atoms with van der Waals surface area (Å²) >= 11 is 0. The van der Waals surface area contributed by atoms with Crippen molar-refractivity contribution in [2.24, 2.45) is 5.73 Å². The molecule has 1 saturated heterocycles. The Balaban J connectivity index is 0.000000281. The van der Waals surface area contributed by atoms with Crippen molar-refractivity contribution in [3.05, 3.63) is 23.4 Å². The van der Waals surface area contributed by atoms with E-state index in [-0.39, 0.29) is 12.5 Å². The molecule has 3 rings (SSSR count). The molecular weight excluding hydrogens is 488 g/mol. The Bertz CT molecular complexity index is 917. The normalized spacial score (nSPS) is 17.5. The summed E-state index contributed by atoms with van der Waals surface area (Å²) in [5.74, 6) is -0.695. The Kier molecular flexibility index (Phi) is 12.8. The van der Waals surface area contributed by atoms with Crippen LogP contribution < -0.4 is 11.1 Å². The van der Waals surface area contributed by atoms with Crippen LogP contribution in [0.15, 0.2) is 12.1 Å². The predicted octanol–water partition coefficient (Wildman–Crippen LogP) is 4.60. The lowest BCUT2D eigenvalue weighted by molar-refractivity contribution is -0.139. The van der Waals surface area contributed by atoms with E-state index in [1.165, 1.54) is 22.6 Å². The summed E-state index contributed by atoms with van der Waals surface area (Å²) in [5.41, 5.74) is 7.45. The van der Waals surface area contributed by atoms with Crippen LogP contribution in [0.1, 0.15) is 96.2 Å². The second-order valence-corrected chi connectivity index (χ2v) is 11.2. The number of likely N-dealkylation sites (tertiary alicyclic amines) is 1.